The number of carbonyl (C=O) groups excluding carboxylic acids is 1. The standard InChI is InChI=1S/C18H21NO4/c1-4-22-15-10-11-16(17(12-15)23-5-2)18(20)19-13-6-8-14(21-3)9-7-13/h6-12H,4-5H2,1-3H3,(H,19,20). The molecular weight excluding hydrogens is 294 g/mol. The average Bonchev–Trinajstić information content (AvgIpc) is 2.56. The second-order valence-corrected chi connectivity index (χ2v) is 4.71. The number of carbonyl (C=O) groups is 1. The second kappa shape index (κ2) is 8.08. The van der Waals surface area contributed by atoms with E-state index in [1.165, 1.54) is 0 Å². The molecule has 0 atom stereocenters. The van der Waals surface area contributed by atoms with Gasteiger partial charge in [0.1, 0.15) is 17.2 Å². The van der Waals surface area contributed by atoms with E-state index in [0.717, 1.165) is 5.75 Å². The van der Waals surface area contributed by atoms with Crippen LogP contribution in [0, 0.1) is 0 Å². The molecule has 0 aromatic heterocycles. The molecule has 0 spiro atoms. The molecule has 0 saturated heterocycles. The van der Waals surface area contributed by atoms with E-state index in [2.05, 4.69) is 5.32 Å². The van der Waals surface area contributed by atoms with Gasteiger partial charge in [0.25, 0.3) is 5.91 Å². The molecule has 0 aliphatic rings. The van der Waals surface area contributed by atoms with Crippen LogP contribution in [-0.4, -0.2) is 26.2 Å². The van der Waals surface area contributed by atoms with Gasteiger partial charge in [-0.1, -0.05) is 0 Å². The molecule has 0 bridgehead atoms. The fourth-order valence-corrected chi connectivity index (χ4v) is 2.09. The molecular formula is C18H21NO4. The highest BCUT2D eigenvalue weighted by atomic mass is 16.5. The summed E-state index contributed by atoms with van der Waals surface area (Å²) in [7, 11) is 1.60. The highest BCUT2D eigenvalue weighted by Crippen LogP contribution is 2.26. The number of methoxy groups -OCH3 is 1. The van der Waals surface area contributed by atoms with E-state index >= 15 is 0 Å². The maximum atomic E-state index is 12.5. The summed E-state index contributed by atoms with van der Waals surface area (Å²) in [6.45, 7) is 4.81. The molecule has 0 aliphatic heterocycles. The summed E-state index contributed by atoms with van der Waals surface area (Å²) in [6.07, 6.45) is 0. The number of anilines is 1. The number of hydrogen-bond donors (Lipinski definition) is 1. The molecule has 0 aliphatic carbocycles. The topological polar surface area (TPSA) is 56.8 Å². The number of ether oxygens (including phenoxy) is 3. The van der Waals surface area contributed by atoms with E-state index in [1.807, 2.05) is 13.8 Å². The van der Waals surface area contributed by atoms with Gasteiger partial charge in [0.2, 0.25) is 0 Å². The van der Waals surface area contributed by atoms with Crippen molar-refractivity contribution in [3.63, 3.8) is 0 Å². The fraction of sp³-hybridized carbons (Fsp3) is 0.278. The van der Waals surface area contributed by atoms with Crippen molar-refractivity contribution in [1.29, 1.82) is 0 Å². The molecule has 2 rings (SSSR count). The van der Waals surface area contributed by atoms with Gasteiger partial charge in [0, 0.05) is 11.8 Å². The molecule has 2 aromatic carbocycles. The monoisotopic (exact) mass is 315 g/mol. The van der Waals surface area contributed by atoms with Crippen molar-refractivity contribution in [2.75, 3.05) is 25.6 Å². The quantitative estimate of drug-likeness (QED) is 0.845. The van der Waals surface area contributed by atoms with E-state index < -0.39 is 0 Å². The van der Waals surface area contributed by atoms with Crippen LogP contribution in [0.5, 0.6) is 17.2 Å². The van der Waals surface area contributed by atoms with Gasteiger partial charge < -0.3 is 19.5 Å². The van der Waals surface area contributed by atoms with Gasteiger partial charge in [-0.15, -0.1) is 0 Å². The second-order valence-electron chi connectivity index (χ2n) is 4.71. The minimum Gasteiger partial charge on any atom is -0.497 e. The third-order valence-corrected chi connectivity index (χ3v) is 3.16. The number of hydrogen-bond acceptors (Lipinski definition) is 4. The van der Waals surface area contributed by atoms with Crippen LogP contribution in [0.25, 0.3) is 0 Å². The number of nitrogens with one attached hydrogen (secondary N) is 1. The lowest BCUT2D eigenvalue weighted by Crippen LogP contribution is -2.13. The van der Waals surface area contributed by atoms with Gasteiger partial charge in [0.15, 0.2) is 0 Å². The zero-order valence-electron chi connectivity index (χ0n) is 13.6. The molecule has 122 valence electrons. The van der Waals surface area contributed by atoms with Crippen LogP contribution < -0.4 is 19.5 Å². The zero-order chi connectivity index (χ0) is 16.7. The number of benzene rings is 2. The Morgan fingerprint density at radius 3 is 2.22 bits per heavy atom. The van der Waals surface area contributed by atoms with E-state index in [-0.39, 0.29) is 5.91 Å². The molecule has 2 aromatic rings. The van der Waals surface area contributed by atoms with Crippen LogP contribution in [0.1, 0.15) is 24.2 Å². The molecule has 5 heteroatoms. The van der Waals surface area contributed by atoms with Crippen molar-refractivity contribution in [2.45, 2.75) is 13.8 Å². The largest absolute Gasteiger partial charge is 0.497 e. The normalized spacial score (nSPS) is 10.0. The first-order chi connectivity index (χ1) is 11.2. The maximum Gasteiger partial charge on any atom is 0.259 e. The predicted molar refractivity (Wildman–Crippen MR) is 89.7 cm³/mol. The Morgan fingerprint density at radius 2 is 1.61 bits per heavy atom. The van der Waals surface area contributed by atoms with Crippen LogP contribution >= 0.6 is 0 Å². The summed E-state index contributed by atoms with van der Waals surface area (Å²) in [5, 5.41) is 2.84. The summed E-state index contributed by atoms with van der Waals surface area (Å²) >= 11 is 0. The summed E-state index contributed by atoms with van der Waals surface area (Å²) < 4.78 is 16.1. The minimum atomic E-state index is -0.235. The van der Waals surface area contributed by atoms with Crippen molar-refractivity contribution in [3.8, 4) is 17.2 Å². The van der Waals surface area contributed by atoms with Gasteiger partial charge in [-0.3, -0.25) is 4.79 Å². The fourth-order valence-electron chi connectivity index (χ4n) is 2.09. The smallest absolute Gasteiger partial charge is 0.259 e. The van der Waals surface area contributed by atoms with Crippen molar-refractivity contribution < 1.29 is 19.0 Å². The highest BCUT2D eigenvalue weighted by molar-refractivity contribution is 6.06. The molecule has 1 amide bonds. The first kappa shape index (κ1) is 16.7. The first-order valence-electron chi connectivity index (χ1n) is 7.53. The van der Waals surface area contributed by atoms with Gasteiger partial charge in [0.05, 0.1) is 25.9 Å². The van der Waals surface area contributed by atoms with Crippen LogP contribution in [0.2, 0.25) is 0 Å². The molecule has 0 saturated carbocycles. The predicted octanol–water partition coefficient (Wildman–Crippen LogP) is 3.74. The third-order valence-electron chi connectivity index (χ3n) is 3.16. The molecule has 5 nitrogen and oxygen atoms in total. The van der Waals surface area contributed by atoms with Crippen LogP contribution in [0.3, 0.4) is 0 Å². The lowest BCUT2D eigenvalue weighted by molar-refractivity contribution is 0.102. The summed E-state index contributed by atoms with van der Waals surface area (Å²) in [6, 6.07) is 12.3. The lowest BCUT2D eigenvalue weighted by Gasteiger charge is -2.13. The van der Waals surface area contributed by atoms with Crippen LogP contribution in [0.15, 0.2) is 42.5 Å². The van der Waals surface area contributed by atoms with Crippen molar-refractivity contribution >= 4 is 11.6 Å². The highest BCUT2D eigenvalue weighted by Gasteiger charge is 2.14. The van der Waals surface area contributed by atoms with E-state index in [9.17, 15) is 4.79 Å². The molecule has 0 radical (unpaired) electrons. The molecule has 0 heterocycles. The summed E-state index contributed by atoms with van der Waals surface area (Å²) in [5.74, 6) is 1.68. The van der Waals surface area contributed by atoms with Crippen molar-refractivity contribution in [2.24, 2.45) is 0 Å². The van der Waals surface area contributed by atoms with Gasteiger partial charge in [-0.25, -0.2) is 0 Å². The van der Waals surface area contributed by atoms with Crippen LogP contribution in [-0.2, 0) is 0 Å². The van der Waals surface area contributed by atoms with Gasteiger partial charge in [-0.2, -0.15) is 0 Å². The molecule has 23 heavy (non-hydrogen) atoms. The Morgan fingerprint density at radius 1 is 0.957 bits per heavy atom. The SMILES string of the molecule is CCOc1ccc(C(=O)Nc2ccc(OC)cc2)c(OCC)c1. The average molecular weight is 315 g/mol. The van der Waals surface area contributed by atoms with E-state index in [4.69, 9.17) is 14.2 Å². The third kappa shape index (κ3) is 4.39. The maximum absolute atomic E-state index is 12.5. The van der Waals surface area contributed by atoms with Gasteiger partial charge in [-0.05, 0) is 50.2 Å². The lowest BCUT2D eigenvalue weighted by atomic mass is 10.1. The Balaban J connectivity index is 2.19. The van der Waals surface area contributed by atoms with Crippen molar-refractivity contribution in [1.82, 2.24) is 0 Å². The Bertz CT molecular complexity index is 653. The summed E-state index contributed by atoms with van der Waals surface area (Å²) in [5.41, 5.74) is 1.15. The zero-order valence-corrected chi connectivity index (χ0v) is 13.6. The Kier molecular flexibility index (Phi) is 5.86. The van der Waals surface area contributed by atoms with E-state index in [0.29, 0.717) is 36.0 Å². The van der Waals surface area contributed by atoms with Crippen LogP contribution in [0.4, 0.5) is 5.69 Å². The number of rotatable bonds is 7. The Hall–Kier alpha value is -2.69. The van der Waals surface area contributed by atoms with Crippen molar-refractivity contribution in [3.05, 3.63) is 48.0 Å². The molecule has 1 N–H and O–H groups in total. The van der Waals surface area contributed by atoms with E-state index in [1.54, 1.807) is 49.6 Å². The minimum absolute atomic E-state index is 0.235. The van der Waals surface area contributed by atoms with Gasteiger partial charge >= 0.3 is 0 Å². The summed E-state index contributed by atoms with van der Waals surface area (Å²) in [4.78, 5) is 12.5. The molecule has 0 unspecified atom stereocenters. The Labute approximate surface area is 136 Å². The number of amides is 1. The molecule has 0 fully saturated rings. The first-order valence-corrected chi connectivity index (χ1v) is 7.53.